The molecule has 4 heterocycles. The van der Waals surface area contributed by atoms with E-state index in [1.54, 1.807) is 39.9 Å². The third-order valence-electron chi connectivity index (χ3n) is 4.68. The van der Waals surface area contributed by atoms with Crippen LogP contribution >= 0.6 is 23.1 Å². The summed E-state index contributed by atoms with van der Waals surface area (Å²) in [4.78, 5) is 28.5. The highest BCUT2D eigenvalue weighted by Gasteiger charge is 2.21. The van der Waals surface area contributed by atoms with E-state index in [-0.39, 0.29) is 5.56 Å². The fourth-order valence-corrected chi connectivity index (χ4v) is 5.70. The van der Waals surface area contributed by atoms with E-state index < -0.39 is 0 Å². The van der Waals surface area contributed by atoms with Crippen molar-refractivity contribution in [2.24, 2.45) is 0 Å². The molecule has 0 saturated carbocycles. The smallest absolute Gasteiger partial charge is 0.258 e. The molecule has 4 aromatic rings. The molecule has 0 radical (unpaired) electrons. The molecule has 0 aliphatic heterocycles. The van der Waals surface area contributed by atoms with Gasteiger partial charge in [-0.25, -0.2) is 15.0 Å². The molecule has 7 heteroatoms. The number of aromatic nitrogens is 4. The van der Waals surface area contributed by atoms with Crippen molar-refractivity contribution in [3.63, 3.8) is 0 Å². The minimum absolute atomic E-state index is 0.0430. The molecule has 0 aromatic carbocycles. The highest BCUT2D eigenvalue weighted by molar-refractivity contribution is 7.98. The van der Waals surface area contributed by atoms with Crippen molar-refractivity contribution < 1.29 is 0 Å². The molecule has 1 aliphatic rings. The fraction of sp³-hybridized carbons (Fsp3) is 0.263. The molecule has 1 aliphatic carbocycles. The van der Waals surface area contributed by atoms with Gasteiger partial charge in [0.05, 0.1) is 5.69 Å². The molecule has 0 amide bonds. The summed E-state index contributed by atoms with van der Waals surface area (Å²) in [6.45, 7) is 1.97. The van der Waals surface area contributed by atoms with E-state index in [2.05, 4.69) is 15.0 Å². The van der Waals surface area contributed by atoms with E-state index >= 15 is 0 Å². The van der Waals surface area contributed by atoms with Crippen molar-refractivity contribution in [3.8, 4) is 0 Å². The van der Waals surface area contributed by atoms with Crippen LogP contribution in [0.4, 0.5) is 0 Å². The van der Waals surface area contributed by atoms with Crippen LogP contribution in [-0.2, 0) is 18.6 Å². The first-order valence-corrected chi connectivity index (χ1v) is 10.4. The molecule has 0 fully saturated rings. The van der Waals surface area contributed by atoms with Crippen LogP contribution in [-0.4, -0.2) is 19.4 Å². The Labute approximate surface area is 158 Å². The van der Waals surface area contributed by atoms with Crippen molar-refractivity contribution >= 4 is 39.0 Å². The van der Waals surface area contributed by atoms with Gasteiger partial charge in [-0.3, -0.25) is 9.20 Å². The lowest BCUT2D eigenvalue weighted by molar-refractivity contribution is 0.915. The lowest BCUT2D eigenvalue weighted by Gasteiger charge is -2.06. The number of thiophene rings is 1. The summed E-state index contributed by atoms with van der Waals surface area (Å²) in [5.74, 6) is 0.621. The second-order valence-corrected chi connectivity index (χ2v) is 8.57. The van der Waals surface area contributed by atoms with Crippen LogP contribution in [0.1, 0.15) is 28.1 Å². The van der Waals surface area contributed by atoms with E-state index in [4.69, 9.17) is 0 Å². The Morgan fingerprint density at radius 1 is 1.27 bits per heavy atom. The van der Waals surface area contributed by atoms with E-state index in [1.165, 1.54) is 22.2 Å². The minimum atomic E-state index is -0.0430. The average Bonchev–Trinajstić information content (AvgIpc) is 3.21. The van der Waals surface area contributed by atoms with Crippen molar-refractivity contribution in [3.05, 3.63) is 62.8 Å². The zero-order valence-electron chi connectivity index (χ0n) is 14.2. The summed E-state index contributed by atoms with van der Waals surface area (Å²) in [6.07, 6.45) is 6.96. The Kier molecular flexibility index (Phi) is 3.79. The number of aryl methyl sites for hydroxylation is 3. The molecule has 4 aromatic heterocycles. The Balaban J connectivity index is 1.50. The normalized spacial score (nSPS) is 13.6. The molecule has 0 N–H and O–H groups in total. The number of hydrogen-bond acceptors (Lipinski definition) is 6. The number of nitrogens with zero attached hydrogens (tertiary/aromatic N) is 4. The molecule has 0 bridgehead atoms. The van der Waals surface area contributed by atoms with E-state index in [0.717, 1.165) is 34.0 Å². The van der Waals surface area contributed by atoms with E-state index in [1.807, 2.05) is 25.3 Å². The number of hydrogen-bond donors (Lipinski definition) is 0. The molecule has 5 rings (SSSR count). The SMILES string of the molecule is Cc1ccc2nc(CSc3ncnc4sc5c(c34)CCC5)cc(=O)n2c1. The van der Waals surface area contributed by atoms with Gasteiger partial charge in [0.2, 0.25) is 0 Å². The van der Waals surface area contributed by atoms with Crippen LogP contribution < -0.4 is 5.56 Å². The molecular formula is C19H16N4OS2. The third-order valence-corrected chi connectivity index (χ3v) is 6.91. The molecule has 130 valence electrons. The second kappa shape index (κ2) is 6.17. The molecule has 0 saturated heterocycles. The van der Waals surface area contributed by atoms with Gasteiger partial charge >= 0.3 is 0 Å². The van der Waals surface area contributed by atoms with Crippen LogP contribution in [0.15, 0.2) is 40.5 Å². The molecular weight excluding hydrogens is 364 g/mol. The minimum Gasteiger partial charge on any atom is -0.269 e. The van der Waals surface area contributed by atoms with Crippen molar-refractivity contribution in [1.29, 1.82) is 0 Å². The Morgan fingerprint density at radius 3 is 3.12 bits per heavy atom. The Morgan fingerprint density at radius 2 is 2.19 bits per heavy atom. The molecule has 26 heavy (non-hydrogen) atoms. The average molecular weight is 380 g/mol. The van der Waals surface area contributed by atoms with Crippen LogP contribution in [0.3, 0.4) is 0 Å². The van der Waals surface area contributed by atoms with Gasteiger partial charge in [-0.1, -0.05) is 17.8 Å². The quantitative estimate of drug-likeness (QED) is 0.400. The predicted molar refractivity (Wildman–Crippen MR) is 105 cm³/mol. The largest absolute Gasteiger partial charge is 0.269 e. The molecule has 5 nitrogen and oxygen atoms in total. The Bertz CT molecular complexity index is 1210. The van der Waals surface area contributed by atoms with Gasteiger partial charge in [-0.2, -0.15) is 0 Å². The summed E-state index contributed by atoms with van der Waals surface area (Å²) >= 11 is 3.43. The molecule has 0 unspecified atom stereocenters. The first-order chi connectivity index (χ1) is 12.7. The van der Waals surface area contributed by atoms with E-state index in [0.29, 0.717) is 11.4 Å². The second-order valence-electron chi connectivity index (χ2n) is 6.53. The van der Waals surface area contributed by atoms with E-state index in [9.17, 15) is 4.79 Å². The summed E-state index contributed by atoms with van der Waals surface area (Å²) in [5.41, 5.74) is 3.89. The summed E-state index contributed by atoms with van der Waals surface area (Å²) in [7, 11) is 0. The number of thioether (sulfide) groups is 1. The first kappa shape index (κ1) is 16.0. The summed E-state index contributed by atoms with van der Waals surface area (Å²) in [6, 6.07) is 5.48. The molecule has 0 atom stereocenters. The maximum absolute atomic E-state index is 12.4. The van der Waals surface area contributed by atoms with Gasteiger partial charge in [-0.05, 0) is 43.4 Å². The fourth-order valence-electron chi connectivity index (χ4n) is 3.48. The number of pyridine rings is 1. The maximum Gasteiger partial charge on any atom is 0.258 e. The summed E-state index contributed by atoms with van der Waals surface area (Å²) < 4.78 is 1.60. The Hall–Kier alpha value is -2.25. The van der Waals surface area contributed by atoms with Crippen LogP contribution in [0.25, 0.3) is 15.9 Å². The van der Waals surface area contributed by atoms with Gasteiger partial charge in [-0.15, -0.1) is 11.3 Å². The van der Waals surface area contributed by atoms with Crippen molar-refractivity contribution in [1.82, 2.24) is 19.4 Å². The van der Waals surface area contributed by atoms with Crippen LogP contribution in [0, 0.1) is 6.92 Å². The van der Waals surface area contributed by atoms with Crippen molar-refractivity contribution in [2.45, 2.75) is 37.0 Å². The van der Waals surface area contributed by atoms with Gasteiger partial charge in [0.25, 0.3) is 5.56 Å². The monoisotopic (exact) mass is 380 g/mol. The lowest BCUT2D eigenvalue weighted by Crippen LogP contribution is -2.15. The number of rotatable bonds is 3. The van der Waals surface area contributed by atoms with Crippen molar-refractivity contribution in [2.75, 3.05) is 0 Å². The summed E-state index contributed by atoms with van der Waals surface area (Å²) in [5, 5.41) is 2.21. The third kappa shape index (κ3) is 2.62. The highest BCUT2D eigenvalue weighted by Crippen LogP contribution is 2.40. The highest BCUT2D eigenvalue weighted by atomic mass is 32.2. The van der Waals surface area contributed by atoms with Crippen LogP contribution in [0.5, 0.6) is 0 Å². The predicted octanol–water partition coefficient (Wildman–Crippen LogP) is 3.79. The lowest BCUT2D eigenvalue weighted by atomic mass is 10.2. The molecule has 0 spiro atoms. The van der Waals surface area contributed by atoms with Gasteiger partial charge in [0, 0.05) is 28.3 Å². The maximum atomic E-state index is 12.4. The zero-order chi connectivity index (χ0) is 17.7. The zero-order valence-corrected chi connectivity index (χ0v) is 15.9. The van der Waals surface area contributed by atoms with Gasteiger partial charge in [0.15, 0.2) is 0 Å². The first-order valence-electron chi connectivity index (χ1n) is 8.56. The topological polar surface area (TPSA) is 60.2 Å². The van der Waals surface area contributed by atoms with Gasteiger partial charge < -0.3 is 0 Å². The number of fused-ring (bicyclic) bond motifs is 4. The van der Waals surface area contributed by atoms with Crippen LogP contribution in [0.2, 0.25) is 0 Å². The standard InChI is InChI=1S/C19H16N4OS2/c1-11-5-6-15-22-12(7-16(24)23(15)8-11)9-25-18-17-13-3-2-4-14(13)26-19(17)21-10-20-18/h5-8,10H,2-4,9H2,1H3. The van der Waals surface area contributed by atoms with Gasteiger partial charge in [0.1, 0.15) is 21.8 Å².